The predicted octanol–water partition coefficient (Wildman–Crippen LogP) is 2.70. The third kappa shape index (κ3) is 4.33. The number of furan rings is 1. The second-order valence-electron chi connectivity index (χ2n) is 5.95. The molecule has 1 N–H and O–H groups in total. The van der Waals surface area contributed by atoms with E-state index in [-0.39, 0.29) is 0 Å². The van der Waals surface area contributed by atoms with Gasteiger partial charge in [0.2, 0.25) is 0 Å². The summed E-state index contributed by atoms with van der Waals surface area (Å²) in [6.45, 7) is 13.3. The Kier molecular flexibility index (Phi) is 5.64. The predicted molar refractivity (Wildman–Crippen MR) is 80.7 cm³/mol. The van der Waals surface area contributed by atoms with Crippen molar-refractivity contribution >= 4 is 0 Å². The maximum atomic E-state index is 5.99. The smallest absolute Gasteiger partial charge is 0.120 e. The molecule has 4 nitrogen and oxygen atoms in total. The Labute approximate surface area is 122 Å². The van der Waals surface area contributed by atoms with Gasteiger partial charge in [0.15, 0.2) is 0 Å². The highest BCUT2D eigenvalue weighted by atomic mass is 16.5. The van der Waals surface area contributed by atoms with Gasteiger partial charge in [-0.1, -0.05) is 6.92 Å². The van der Waals surface area contributed by atoms with Crippen LogP contribution in [0.3, 0.4) is 0 Å². The highest BCUT2D eigenvalue weighted by Gasteiger charge is 2.23. The first-order chi connectivity index (χ1) is 9.58. The number of nitrogens with one attached hydrogen (secondary N) is 1. The average Bonchev–Trinajstić information content (AvgIpc) is 2.68. The van der Waals surface area contributed by atoms with Crippen molar-refractivity contribution in [1.82, 2.24) is 10.2 Å². The molecule has 2 atom stereocenters. The van der Waals surface area contributed by atoms with Gasteiger partial charge in [-0.15, -0.1) is 0 Å². The van der Waals surface area contributed by atoms with Gasteiger partial charge in [0.25, 0.3) is 0 Å². The van der Waals surface area contributed by atoms with E-state index in [4.69, 9.17) is 9.15 Å². The van der Waals surface area contributed by atoms with Gasteiger partial charge in [-0.2, -0.15) is 0 Å². The molecule has 1 aromatic rings. The van der Waals surface area contributed by atoms with Crippen LogP contribution in [0.4, 0.5) is 0 Å². The molecule has 1 saturated heterocycles. The molecule has 2 heterocycles. The summed E-state index contributed by atoms with van der Waals surface area (Å²) in [5, 5.41) is 3.40. The van der Waals surface area contributed by atoms with E-state index in [9.17, 15) is 0 Å². The monoisotopic (exact) mass is 280 g/mol. The molecule has 1 fully saturated rings. The van der Waals surface area contributed by atoms with Gasteiger partial charge in [0.1, 0.15) is 11.5 Å². The van der Waals surface area contributed by atoms with E-state index in [1.54, 1.807) is 0 Å². The van der Waals surface area contributed by atoms with Crippen LogP contribution in [0.15, 0.2) is 10.5 Å². The van der Waals surface area contributed by atoms with Crippen LogP contribution in [0, 0.1) is 6.92 Å². The molecule has 1 aliphatic rings. The van der Waals surface area contributed by atoms with Gasteiger partial charge in [-0.05, 0) is 45.4 Å². The van der Waals surface area contributed by atoms with E-state index in [0.717, 1.165) is 50.7 Å². The van der Waals surface area contributed by atoms with Crippen molar-refractivity contribution in [3.8, 4) is 0 Å². The van der Waals surface area contributed by atoms with E-state index >= 15 is 0 Å². The van der Waals surface area contributed by atoms with E-state index in [0.29, 0.717) is 12.2 Å². The molecule has 4 heteroatoms. The first kappa shape index (κ1) is 15.5. The van der Waals surface area contributed by atoms with Gasteiger partial charge >= 0.3 is 0 Å². The first-order valence-electron chi connectivity index (χ1n) is 7.75. The summed E-state index contributed by atoms with van der Waals surface area (Å²) >= 11 is 0. The molecule has 0 saturated carbocycles. The lowest BCUT2D eigenvalue weighted by Gasteiger charge is -2.34. The van der Waals surface area contributed by atoms with Crippen molar-refractivity contribution in [2.24, 2.45) is 0 Å². The molecule has 0 amide bonds. The standard InChI is InChI=1S/C16H28N2O2/c1-5-6-17-8-16-12(2)7-15(20-16)11-18-9-13(3)19-14(4)10-18/h7,13-14,17H,5-6,8-11H2,1-4H3. The Morgan fingerprint density at radius 2 is 2.00 bits per heavy atom. The summed E-state index contributed by atoms with van der Waals surface area (Å²) < 4.78 is 11.8. The summed E-state index contributed by atoms with van der Waals surface area (Å²) in [5.41, 5.74) is 1.25. The van der Waals surface area contributed by atoms with E-state index in [2.05, 4.69) is 44.0 Å². The largest absolute Gasteiger partial charge is 0.463 e. The topological polar surface area (TPSA) is 37.6 Å². The molecule has 0 radical (unpaired) electrons. The van der Waals surface area contributed by atoms with Crippen molar-refractivity contribution in [2.75, 3.05) is 19.6 Å². The van der Waals surface area contributed by atoms with Crippen molar-refractivity contribution < 1.29 is 9.15 Å². The van der Waals surface area contributed by atoms with E-state index in [1.165, 1.54) is 5.56 Å². The van der Waals surface area contributed by atoms with Crippen LogP contribution < -0.4 is 5.32 Å². The molecule has 2 rings (SSSR count). The zero-order valence-electron chi connectivity index (χ0n) is 13.2. The maximum Gasteiger partial charge on any atom is 0.120 e. The van der Waals surface area contributed by atoms with Crippen LogP contribution >= 0.6 is 0 Å². The van der Waals surface area contributed by atoms with E-state index in [1.807, 2.05) is 0 Å². The van der Waals surface area contributed by atoms with Crippen molar-refractivity contribution in [3.63, 3.8) is 0 Å². The average molecular weight is 280 g/mol. The van der Waals surface area contributed by atoms with Crippen LogP contribution in [0.2, 0.25) is 0 Å². The molecule has 114 valence electrons. The lowest BCUT2D eigenvalue weighted by molar-refractivity contribution is -0.0718. The highest BCUT2D eigenvalue weighted by Crippen LogP contribution is 2.19. The third-order valence-electron chi connectivity index (χ3n) is 3.66. The Morgan fingerprint density at radius 3 is 2.65 bits per heavy atom. The van der Waals surface area contributed by atoms with Gasteiger partial charge in [0, 0.05) is 13.1 Å². The number of nitrogens with zero attached hydrogens (tertiary/aromatic N) is 1. The molecule has 2 unspecified atom stereocenters. The zero-order chi connectivity index (χ0) is 14.5. The summed E-state index contributed by atoms with van der Waals surface area (Å²) in [5.74, 6) is 2.14. The number of ether oxygens (including phenoxy) is 1. The summed E-state index contributed by atoms with van der Waals surface area (Å²) in [6.07, 6.45) is 1.76. The van der Waals surface area contributed by atoms with Crippen molar-refractivity contribution in [1.29, 1.82) is 0 Å². The number of rotatable bonds is 6. The molecule has 0 aromatic carbocycles. The highest BCUT2D eigenvalue weighted by molar-refractivity contribution is 5.20. The number of hydrogen-bond acceptors (Lipinski definition) is 4. The van der Waals surface area contributed by atoms with Gasteiger partial charge in [-0.3, -0.25) is 4.90 Å². The Hall–Kier alpha value is -0.840. The number of hydrogen-bond donors (Lipinski definition) is 1. The van der Waals surface area contributed by atoms with Gasteiger partial charge < -0.3 is 14.5 Å². The molecule has 1 aliphatic heterocycles. The maximum absolute atomic E-state index is 5.99. The molecule has 1 aromatic heterocycles. The minimum absolute atomic E-state index is 0.306. The summed E-state index contributed by atoms with van der Waals surface area (Å²) in [7, 11) is 0. The van der Waals surface area contributed by atoms with Gasteiger partial charge in [-0.25, -0.2) is 0 Å². The van der Waals surface area contributed by atoms with Crippen LogP contribution in [-0.4, -0.2) is 36.7 Å². The lowest BCUT2D eigenvalue weighted by atomic mass is 10.2. The second kappa shape index (κ2) is 7.25. The summed E-state index contributed by atoms with van der Waals surface area (Å²) in [6, 6.07) is 2.17. The first-order valence-corrected chi connectivity index (χ1v) is 7.75. The van der Waals surface area contributed by atoms with Gasteiger partial charge in [0.05, 0.1) is 25.3 Å². The molecule has 20 heavy (non-hydrogen) atoms. The van der Waals surface area contributed by atoms with Crippen LogP contribution in [-0.2, 0) is 17.8 Å². The summed E-state index contributed by atoms with van der Waals surface area (Å²) in [4.78, 5) is 2.42. The quantitative estimate of drug-likeness (QED) is 0.813. The van der Waals surface area contributed by atoms with Crippen LogP contribution in [0.25, 0.3) is 0 Å². The number of aryl methyl sites for hydroxylation is 1. The Bertz CT molecular complexity index is 407. The zero-order valence-corrected chi connectivity index (χ0v) is 13.2. The molecule has 0 bridgehead atoms. The fourth-order valence-corrected chi connectivity index (χ4v) is 2.86. The Morgan fingerprint density at radius 1 is 1.30 bits per heavy atom. The Balaban J connectivity index is 1.91. The van der Waals surface area contributed by atoms with Crippen LogP contribution in [0.5, 0.6) is 0 Å². The molecular weight excluding hydrogens is 252 g/mol. The molecule has 0 aliphatic carbocycles. The molecule has 0 spiro atoms. The minimum Gasteiger partial charge on any atom is -0.463 e. The second-order valence-corrected chi connectivity index (χ2v) is 5.95. The normalized spacial score (nSPS) is 24.2. The fraction of sp³-hybridized carbons (Fsp3) is 0.750. The fourth-order valence-electron chi connectivity index (χ4n) is 2.86. The van der Waals surface area contributed by atoms with Crippen molar-refractivity contribution in [2.45, 2.75) is 59.4 Å². The van der Waals surface area contributed by atoms with E-state index < -0.39 is 0 Å². The van der Waals surface area contributed by atoms with Crippen molar-refractivity contribution in [3.05, 3.63) is 23.2 Å². The third-order valence-corrected chi connectivity index (χ3v) is 3.66. The SMILES string of the molecule is CCCNCc1oc(CN2CC(C)OC(C)C2)cc1C. The minimum atomic E-state index is 0.306. The van der Waals surface area contributed by atoms with Crippen LogP contribution in [0.1, 0.15) is 44.3 Å². The molecular formula is C16H28N2O2. The lowest BCUT2D eigenvalue weighted by Crippen LogP contribution is -2.44. The number of morpholine rings is 1.